The van der Waals surface area contributed by atoms with Gasteiger partial charge in [-0.3, -0.25) is 4.79 Å². The van der Waals surface area contributed by atoms with Crippen LogP contribution in [0.25, 0.3) is 0 Å². The molecular formula is C15H16FN3OS. The van der Waals surface area contributed by atoms with E-state index in [2.05, 4.69) is 10.3 Å². The van der Waals surface area contributed by atoms with Crippen molar-refractivity contribution in [1.29, 1.82) is 0 Å². The van der Waals surface area contributed by atoms with Gasteiger partial charge in [-0.05, 0) is 41.3 Å². The predicted molar refractivity (Wildman–Crippen MR) is 81.0 cm³/mol. The van der Waals surface area contributed by atoms with Crippen LogP contribution in [-0.2, 0) is 6.54 Å². The second-order valence-corrected chi connectivity index (χ2v) is 5.85. The van der Waals surface area contributed by atoms with Crippen molar-refractivity contribution in [3.05, 3.63) is 46.0 Å². The molecule has 21 heavy (non-hydrogen) atoms. The van der Waals surface area contributed by atoms with Gasteiger partial charge in [-0.25, -0.2) is 9.37 Å². The number of carbonyl (C=O) groups is 1. The topological polar surface area (TPSA) is 45.2 Å². The van der Waals surface area contributed by atoms with E-state index in [4.69, 9.17) is 0 Å². The van der Waals surface area contributed by atoms with Crippen molar-refractivity contribution in [3.8, 4) is 0 Å². The quantitative estimate of drug-likeness (QED) is 0.923. The molecule has 0 saturated heterocycles. The largest absolute Gasteiger partial charge is 0.371 e. The summed E-state index contributed by atoms with van der Waals surface area (Å²) < 4.78 is 14.3. The zero-order valence-corrected chi connectivity index (χ0v) is 12.5. The van der Waals surface area contributed by atoms with Gasteiger partial charge in [0.25, 0.3) is 5.91 Å². The van der Waals surface area contributed by atoms with E-state index in [9.17, 15) is 9.18 Å². The van der Waals surface area contributed by atoms with Crippen LogP contribution >= 0.6 is 11.3 Å². The molecule has 0 aliphatic heterocycles. The van der Waals surface area contributed by atoms with Crippen molar-refractivity contribution in [3.63, 3.8) is 0 Å². The minimum Gasteiger partial charge on any atom is -0.371 e. The highest BCUT2D eigenvalue weighted by Gasteiger charge is 2.34. The molecule has 1 saturated carbocycles. The SMILES string of the molecule is CNc1nccc(C(=O)N(Cc2ccsc2)C2CC2)c1F. The third-order valence-corrected chi connectivity index (χ3v) is 4.27. The number of nitrogens with one attached hydrogen (secondary N) is 1. The zero-order chi connectivity index (χ0) is 14.8. The van der Waals surface area contributed by atoms with E-state index in [0.717, 1.165) is 18.4 Å². The average Bonchev–Trinajstić information content (AvgIpc) is 3.21. The highest BCUT2D eigenvalue weighted by atomic mass is 32.1. The molecule has 1 fully saturated rings. The number of rotatable bonds is 5. The Labute approximate surface area is 126 Å². The molecule has 0 unspecified atom stereocenters. The summed E-state index contributed by atoms with van der Waals surface area (Å²) in [6, 6.07) is 3.67. The highest BCUT2D eigenvalue weighted by Crippen LogP contribution is 2.31. The lowest BCUT2D eigenvalue weighted by Crippen LogP contribution is -2.33. The Balaban J connectivity index is 1.87. The van der Waals surface area contributed by atoms with Gasteiger partial charge in [0.1, 0.15) is 0 Å². The maximum absolute atomic E-state index is 14.3. The second kappa shape index (κ2) is 5.81. The van der Waals surface area contributed by atoms with Crippen LogP contribution in [0, 0.1) is 5.82 Å². The number of halogens is 1. The Morgan fingerprint density at radius 1 is 1.52 bits per heavy atom. The van der Waals surface area contributed by atoms with Crippen molar-refractivity contribution < 1.29 is 9.18 Å². The molecule has 0 bridgehead atoms. The van der Waals surface area contributed by atoms with Gasteiger partial charge in [0.2, 0.25) is 0 Å². The summed E-state index contributed by atoms with van der Waals surface area (Å²) >= 11 is 1.60. The van der Waals surface area contributed by atoms with Gasteiger partial charge in [-0.1, -0.05) is 0 Å². The van der Waals surface area contributed by atoms with E-state index in [0.29, 0.717) is 6.54 Å². The zero-order valence-electron chi connectivity index (χ0n) is 11.7. The van der Waals surface area contributed by atoms with Gasteiger partial charge in [0.15, 0.2) is 11.6 Å². The first-order chi connectivity index (χ1) is 10.2. The fourth-order valence-electron chi connectivity index (χ4n) is 2.27. The number of hydrogen-bond acceptors (Lipinski definition) is 4. The van der Waals surface area contributed by atoms with Crippen LogP contribution in [0.1, 0.15) is 28.8 Å². The summed E-state index contributed by atoms with van der Waals surface area (Å²) in [5.74, 6) is -0.742. The van der Waals surface area contributed by atoms with Gasteiger partial charge in [-0.15, -0.1) is 0 Å². The molecule has 0 spiro atoms. The van der Waals surface area contributed by atoms with Crippen LogP contribution in [0.5, 0.6) is 0 Å². The van der Waals surface area contributed by atoms with E-state index in [1.54, 1.807) is 23.3 Å². The molecule has 1 aliphatic carbocycles. The van der Waals surface area contributed by atoms with E-state index < -0.39 is 5.82 Å². The van der Waals surface area contributed by atoms with Crippen molar-refractivity contribution in [2.45, 2.75) is 25.4 Å². The molecule has 1 N–H and O–H groups in total. The molecule has 4 nitrogen and oxygen atoms in total. The van der Waals surface area contributed by atoms with E-state index in [1.165, 1.54) is 12.3 Å². The van der Waals surface area contributed by atoms with Crippen molar-refractivity contribution in [2.24, 2.45) is 0 Å². The molecule has 1 amide bonds. The summed E-state index contributed by atoms with van der Waals surface area (Å²) in [7, 11) is 1.59. The van der Waals surface area contributed by atoms with Gasteiger partial charge in [-0.2, -0.15) is 11.3 Å². The standard InChI is InChI=1S/C15H16FN3OS/c1-17-14-13(16)12(4-6-18-14)15(20)19(11-2-3-11)8-10-5-7-21-9-10/h4-7,9,11H,2-3,8H2,1H3,(H,17,18). The second-order valence-electron chi connectivity index (χ2n) is 5.07. The lowest BCUT2D eigenvalue weighted by atomic mass is 10.2. The molecule has 1 aliphatic rings. The van der Waals surface area contributed by atoms with E-state index in [-0.39, 0.29) is 23.3 Å². The maximum atomic E-state index is 14.3. The Hall–Kier alpha value is -1.95. The van der Waals surface area contributed by atoms with E-state index in [1.807, 2.05) is 16.8 Å². The molecule has 0 aromatic carbocycles. The third kappa shape index (κ3) is 2.90. The predicted octanol–water partition coefficient (Wildman–Crippen LogP) is 3.13. The van der Waals surface area contributed by atoms with Crippen LogP contribution in [0.4, 0.5) is 10.2 Å². The minimum atomic E-state index is -0.582. The van der Waals surface area contributed by atoms with Crippen LogP contribution < -0.4 is 5.32 Å². The van der Waals surface area contributed by atoms with Gasteiger partial charge >= 0.3 is 0 Å². The van der Waals surface area contributed by atoms with Gasteiger partial charge in [0.05, 0.1) is 5.56 Å². The first-order valence-electron chi connectivity index (χ1n) is 6.85. The third-order valence-electron chi connectivity index (χ3n) is 3.54. The summed E-state index contributed by atoms with van der Waals surface area (Å²) in [6.07, 6.45) is 3.43. The van der Waals surface area contributed by atoms with Crippen molar-refractivity contribution in [2.75, 3.05) is 12.4 Å². The molecular weight excluding hydrogens is 289 g/mol. The summed E-state index contributed by atoms with van der Waals surface area (Å²) in [6.45, 7) is 0.531. The molecule has 0 atom stereocenters. The Morgan fingerprint density at radius 3 is 2.95 bits per heavy atom. The maximum Gasteiger partial charge on any atom is 0.257 e. The average molecular weight is 305 g/mol. The fourth-order valence-corrected chi connectivity index (χ4v) is 2.93. The summed E-state index contributed by atoms with van der Waals surface area (Å²) in [4.78, 5) is 18.3. The number of pyridine rings is 1. The number of amides is 1. The Morgan fingerprint density at radius 2 is 2.33 bits per heavy atom. The van der Waals surface area contributed by atoms with Crippen LogP contribution in [-0.4, -0.2) is 28.9 Å². The molecule has 3 rings (SSSR count). The van der Waals surface area contributed by atoms with Crippen molar-refractivity contribution >= 4 is 23.1 Å². The Kier molecular flexibility index (Phi) is 3.88. The van der Waals surface area contributed by atoms with Crippen LogP contribution in [0.3, 0.4) is 0 Å². The number of hydrogen-bond donors (Lipinski definition) is 1. The fraction of sp³-hybridized carbons (Fsp3) is 0.333. The van der Waals surface area contributed by atoms with Crippen molar-refractivity contribution in [1.82, 2.24) is 9.88 Å². The monoisotopic (exact) mass is 305 g/mol. The molecule has 2 heterocycles. The number of aromatic nitrogens is 1. The number of carbonyl (C=O) groups excluding carboxylic acids is 1. The summed E-state index contributed by atoms with van der Waals surface area (Å²) in [5, 5.41) is 6.67. The molecule has 6 heteroatoms. The molecule has 2 aromatic heterocycles. The van der Waals surface area contributed by atoms with Gasteiger partial charge in [0, 0.05) is 25.8 Å². The normalized spacial score (nSPS) is 14.0. The lowest BCUT2D eigenvalue weighted by Gasteiger charge is -2.22. The first kappa shape index (κ1) is 14.0. The van der Waals surface area contributed by atoms with Crippen LogP contribution in [0.15, 0.2) is 29.1 Å². The smallest absolute Gasteiger partial charge is 0.257 e. The van der Waals surface area contributed by atoms with Crippen LogP contribution in [0.2, 0.25) is 0 Å². The molecule has 0 radical (unpaired) electrons. The molecule has 2 aromatic rings. The highest BCUT2D eigenvalue weighted by molar-refractivity contribution is 7.07. The number of anilines is 1. The molecule has 110 valence electrons. The Bertz CT molecular complexity index is 640. The first-order valence-corrected chi connectivity index (χ1v) is 7.79. The van der Waals surface area contributed by atoms with Gasteiger partial charge < -0.3 is 10.2 Å². The minimum absolute atomic E-state index is 0.0801. The lowest BCUT2D eigenvalue weighted by molar-refractivity contribution is 0.0725. The number of nitrogens with zero attached hydrogens (tertiary/aromatic N) is 2. The summed E-state index contributed by atoms with van der Waals surface area (Å²) in [5.41, 5.74) is 1.17. The number of thiophene rings is 1. The van der Waals surface area contributed by atoms with E-state index >= 15 is 0 Å².